The van der Waals surface area contributed by atoms with Gasteiger partial charge in [-0.05, 0) is 6.07 Å². The maximum Gasteiger partial charge on any atom is 0.271 e. The second-order valence-corrected chi connectivity index (χ2v) is 12.8. The van der Waals surface area contributed by atoms with Crippen LogP contribution in [0.5, 0.6) is 0 Å². The first-order valence-corrected chi connectivity index (χ1v) is 13.4. The number of nitro benzene ring substituents is 1. The number of alkyl halides is 2. The molecule has 0 saturated carbocycles. The van der Waals surface area contributed by atoms with E-state index in [0.717, 1.165) is 18.2 Å². The van der Waals surface area contributed by atoms with Gasteiger partial charge in [-0.15, -0.1) is 23.2 Å². The predicted molar refractivity (Wildman–Crippen MR) is 112 cm³/mol. The molecule has 0 spiro atoms. The number of non-ortho nitro benzene ring substituents is 1. The van der Waals surface area contributed by atoms with E-state index in [-0.39, 0.29) is 34.1 Å². The first-order chi connectivity index (χ1) is 14.3. The highest BCUT2D eigenvalue weighted by Gasteiger charge is 2.39. The monoisotopic (exact) mass is 513 g/mol. The molecule has 31 heavy (non-hydrogen) atoms. The quantitative estimate of drug-likeness (QED) is 0.311. The Morgan fingerprint density at radius 2 is 1.23 bits per heavy atom. The summed E-state index contributed by atoms with van der Waals surface area (Å²) >= 11 is 11.9. The number of nitrogens with one attached hydrogen (secondary N) is 2. The third-order valence-electron chi connectivity index (χ3n) is 4.85. The Balaban J connectivity index is 1.83. The predicted octanol–water partition coefficient (Wildman–Crippen LogP) is -0.137. The molecular weight excluding hydrogens is 497 g/mol. The van der Waals surface area contributed by atoms with E-state index in [1.54, 1.807) is 0 Å². The minimum atomic E-state index is -3.42. The van der Waals surface area contributed by atoms with Crippen LogP contribution >= 0.6 is 23.2 Å². The summed E-state index contributed by atoms with van der Waals surface area (Å²) in [4.78, 5) is 35.6. The Bertz CT molecular complexity index is 1080. The van der Waals surface area contributed by atoms with Crippen LogP contribution in [-0.2, 0) is 19.7 Å². The smallest absolute Gasteiger partial charge is 0.271 e. The van der Waals surface area contributed by atoms with Gasteiger partial charge in [0.2, 0.25) is 0 Å². The zero-order valence-electron chi connectivity index (χ0n) is 15.7. The van der Waals surface area contributed by atoms with Crippen molar-refractivity contribution in [3.05, 3.63) is 39.4 Å². The normalized spacial score (nSPS) is 28.7. The number of hydrogen-bond donors (Lipinski definition) is 2. The minimum absolute atomic E-state index is 0.256. The Hall–Kier alpha value is -1.96. The van der Waals surface area contributed by atoms with Gasteiger partial charge in [0, 0.05) is 23.3 Å². The van der Waals surface area contributed by atoms with Gasteiger partial charge in [-0.1, -0.05) is 0 Å². The van der Waals surface area contributed by atoms with Crippen LogP contribution in [0, 0.1) is 10.1 Å². The first kappa shape index (κ1) is 23.7. The summed E-state index contributed by atoms with van der Waals surface area (Å²) in [6.07, 6.45) is 0. The molecular formula is C16H17Cl2N3O8S2. The van der Waals surface area contributed by atoms with E-state index in [2.05, 4.69) is 10.6 Å². The molecule has 15 heteroatoms. The standard InChI is InChI=1S/C16H17Cl2N3O8S2/c17-11-4-30(26,27)6-13(11)19-15(22)8-1-9(3-10(2-8)21(24)25)16(23)20-14-7-31(28,29)5-12(14)18/h1-3,11-14H,4-7H2,(H,19,22)(H,20,23)/t11-,12+,13+,14-. The molecule has 2 saturated heterocycles. The van der Waals surface area contributed by atoms with E-state index >= 15 is 0 Å². The highest BCUT2D eigenvalue weighted by atomic mass is 35.5. The molecule has 0 bridgehead atoms. The fourth-order valence-corrected chi connectivity index (χ4v) is 8.46. The lowest BCUT2D eigenvalue weighted by molar-refractivity contribution is -0.384. The van der Waals surface area contributed by atoms with Gasteiger partial charge >= 0.3 is 0 Å². The van der Waals surface area contributed by atoms with Gasteiger partial charge in [0.15, 0.2) is 19.7 Å². The molecule has 170 valence electrons. The maximum absolute atomic E-state index is 12.6. The van der Waals surface area contributed by atoms with Crippen LogP contribution in [0.15, 0.2) is 18.2 Å². The van der Waals surface area contributed by atoms with Crippen molar-refractivity contribution >= 4 is 60.4 Å². The van der Waals surface area contributed by atoms with E-state index < -0.39 is 64.9 Å². The summed E-state index contributed by atoms with van der Waals surface area (Å²) in [6, 6.07) is 1.16. The van der Waals surface area contributed by atoms with Crippen molar-refractivity contribution < 1.29 is 31.3 Å². The van der Waals surface area contributed by atoms with Gasteiger partial charge < -0.3 is 10.6 Å². The molecule has 2 fully saturated rings. The Kier molecular flexibility index (Phi) is 6.52. The third kappa shape index (κ3) is 5.64. The minimum Gasteiger partial charge on any atom is -0.347 e. The molecule has 0 unspecified atom stereocenters. The molecule has 0 aromatic heterocycles. The number of carbonyl (C=O) groups excluding carboxylic acids is 2. The van der Waals surface area contributed by atoms with Crippen LogP contribution in [-0.4, -0.2) is 79.4 Å². The average molecular weight is 514 g/mol. The molecule has 4 atom stereocenters. The number of rotatable bonds is 5. The third-order valence-corrected chi connectivity index (χ3v) is 9.60. The lowest BCUT2D eigenvalue weighted by Crippen LogP contribution is -2.41. The fraction of sp³-hybridized carbons (Fsp3) is 0.500. The summed E-state index contributed by atoms with van der Waals surface area (Å²) in [5.41, 5.74) is -1.07. The van der Waals surface area contributed by atoms with Gasteiger partial charge in [0.1, 0.15) is 0 Å². The Morgan fingerprint density at radius 1 is 0.839 bits per heavy atom. The van der Waals surface area contributed by atoms with Gasteiger partial charge in [0.05, 0.1) is 50.8 Å². The topological polar surface area (TPSA) is 170 Å². The van der Waals surface area contributed by atoms with Gasteiger partial charge in [-0.3, -0.25) is 19.7 Å². The van der Waals surface area contributed by atoms with E-state index in [0.29, 0.717) is 0 Å². The summed E-state index contributed by atoms with van der Waals surface area (Å²) < 4.78 is 46.6. The lowest BCUT2D eigenvalue weighted by atomic mass is 10.1. The second-order valence-electron chi connectivity index (χ2n) is 7.37. The van der Waals surface area contributed by atoms with Crippen LogP contribution in [0.3, 0.4) is 0 Å². The number of benzene rings is 1. The van der Waals surface area contributed by atoms with Crippen LogP contribution in [0.2, 0.25) is 0 Å². The zero-order valence-corrected chi connectivity index (χ0v) is 18.8. The summed E-state index contributed by atoms with van der Waals surface area (Å²) in [5, 5.41) is 14.4. The average Bonchev–Trinajstić information content (AvgIpc) is 3.06. The molecule has 2 aliphatic heterocycles. The van der Waals surface area contributed by atoms with Crippen molar-refractivity contribution in [3.63, 3.8) is 0 Å². The molecule has 2 amide bonds. The highest BCUT2D eigenvalue weighted by molar-refractivity contribution is 7.92. The van der Waals surface area contributed by atoms with Crippen LogP contribution < -0.4 is 10.6 Å². The largest absolute Gasteiger partial charge is 0.347 e. The Labute approximate surface area is 187 Å². The molecule has 3 rings (SSSR count). The molecule has 2 heterocycles. The molecule has 2 N–H and O–H groups in total. The number of carbonyl (C=O) groups is 2. The first-order valence-electron chi connectivity index (χ1n) is 8.86. The Morgan fingerprint density at radius 3 is 1.52 bits per heavy atom. The zero-order chi connectivity index (χ0) is 23.1. The van der Waals surface area contributed by atoms with E-state index in [1.165, 1.54) is 0 Å². The molecule has 11 nitrogen and oxygen atoms in total. The van der Waals surface area contributed by atoms with Crippen molar-refractivity contribution in [1.82, 2.24) is 10.6 Å². The van der Waals surface area contributed by atoms with Crippen molar-refractivity contribution in [2.24, 2.45) is 0 Å². The number of amides is 2. The number of sulfone groups is 2. The van der Waals surface area contributed by atoms with Crippen LogP contribution in [0.25, 0.3) is 0 Å². The van der Waals surface area contributed by atoms with Crippen molar-refractivity contribution in [2.75, 3.05) is 23.0 Å². The summed E-state index contributed by atoms with van der Waals surface area (Å²) in [5.74, 6) is -3.06. The van der Waals surface area contributed by atoms with E-state index in [1.807, 2.05) is 0 Å². The molecule has 0 aliphatic carbocycles. The SMILES string of the molecule is O=C(N[C@H]1CS(=O)(=O)C[C@H]1Cl)c1cc(C(=O)N[C@@H]2CS(=O)(=O)C[C@@H]2Cl)cc([N+](=O)[O-])c1. The fourth-order valence-electron chi connectivity index (χ4n) is 3.36. The van der Waals surface area contributed by atoms with Gasteiger partial charge in [-0.2, -0.15) is 0 Å². The van der Waals surface area contributed by atoms with Gasteiger partial charge in [0.25, 0.3) is 17.5 Å². The van der Waals surface area contributed by atoms with E-state index in [9.17, 15) is 36.5 Å². The molecule has 1 aromatic rings. The van der Waals surface area contributed by atoms with Gasteiger partial charge in [-0.25, -0.2) is 16.8 Å². The number of nitrogens with zero attached hydrogens (tertiary/aromatic N) is 1. The maximum atomic E-state index is 12.6. The van der Waals surface area contributed by atoms with Crippen molar-refractivity contribution in [1.29, 1.82) is 0 Å². The lowest BCUT2D eigenvalue weighted by Gasteiger charge is -2.16. The van der Waals surface area contributed by atoms with Crippen LogP contribution in [0.1, 0.15) is 20.7 Å². The molecule has 2 aliphatic rings. The highest BCUT2D eigenvalue weighted by Crippen LogP contribution is 2.22. The second kappa shape index (κ2) is 8.52. The van der Waals surface area contributed by atoms with E-state index in [4.69, 9.17) is 23.2 Å². The summed E-state index contributed by atoms with van der Waals surface area (Å²) in [6.45, 7) is 0. The number of halogens is 2. The van der Waals surface area contributed by atoms with Crippen LogP contribution in [0.4, 0.5) is 5.69 Å². The van der Waals surface area contributed by atoms with Crippen molar-refractivity contribution in [2.45, 2.75) is 22.8 Å². The summed E-state index contributed by atoms with van der Waals surface area (Å²) in [7, 11) is -6.85. The molecule has 0 radical (unpaired) electrons. The number of nitro groups is 1. The molecule has 1 aromatic carbocycles. The van der Waals surface area contributed by atoms with Crippen molar-refractivity contribution in [3.8, 4) is 0 Å². The number of hydrogen-bond acceptors (Lipinski definition) is 8.